The van der Waals surface area contributed by atoms with Gasteiger partial charge in [0.25, 0.3) is 0 Å². The van der Waals surface area contributed by atoms with Crippen molar-refractivity contribution in [3.05, 3.63) is 194 Å². The van der Waals surface area contributed by atoms with E-state index in [1.54, 1.807) is 0 Å². The van der Waals surface area contributed by atoms with Crippen molar-refractivity contribution in [3.8, 4) is 62.0 Å². The SMILES string of the molecule is c1ccc(-c2ccc(-c3cc(-c4ccccc4)nc(-c4cccc(-n5c6ccccc6c6c(-c7ccccc7)nc7ccccc7c65)c4)n3)cc2)cc1. The Balaban J connectivity index is 1.18. The van der Waals surface area contributed by atoms with Crippen LogP contribution in [0.25, 0.3) is 94.7 Å². The van der Waals surface area contributed by atoms with Gasteiger partial charge in [-0.15, -0.1) is 0 Å². The predicted molar refractivity (Wildman–Crippen MR) is 219 cm³/mol. The lowest BCUT2D eigenvalue weighted by Crippen LogP contribution is -1.99. The van der Waals surface area contributed by atoms with Crippen LogP contribution in [-0.2, 0) is 0 Å². The molecule has 4 heteroatoms. The lowest BCUT2D eigenvalue weighted by Gasteiger charge is -2.14. The Morgan fingerprint density at radius 2 is 0.887 bits per heavy atom. The summed E-state index contributed by atoms with van der Waals surface area (Å²) in [5.74, 6) is 0.674. The summed E-state index contributed by atoms with van der Waals surface area (Å²) in [6.45, 7) is 0. The summed E-state index contributed by atoms with van der Waals surface area (Å²) < 4.78 is 2.38. The molecular weight excluding hydrogens is 645 g/mol. The number of nitrogens with zero attached hydrogens (tertiary/aromatic N) is 4. The van der Waals surface area contributed by atoms with Crippen LogP contribution in [0, 0.1) is 0 Å². The van der Waals surface area contributed by atoms with Gasteiger partial charge < -0.3 is 4.57 Å². The van der Waals surface area contributed by atoms with Crippen LogP contribution in [-0.4, -0.2) is 19.5 Å². The van der Waals surface area contributed by atoms with Crippen LogP contribution in [0.5, 0.6) is 0 Å². The fourth-order valence-corrected chi connectivity index (χ4v) is 7.48. The molecule has 0 fully saturated rings. The van der Waals surface area contributed by atoms with Crippen LogP contribution in [0.4, 0.5) is 0 Å². The van der Waals surface area contributed by atoms with Gasteiger partial charge in [-0.3, -0.25) is 0 Å². The third-order valence-corrected chi connectivity index (χ3v) is 10.00. The standard InChI is InChI=1S/C49H32N4/c1-4-15-33(16-5-1)34-27-29-36(30-28-34)44-32-43(35-17-6-2-7-18-35)51-49(52-44)38-21-14-22-39(31-38)53-45-26-13-11-24-41(45)46-47(37-19-8-3-9-20-37)50-42-25-12-10-23-40(42)48(46)53/h1-32H. The third-order valence-electron chi connectivity index (χ3n) is 10.00. The van der Waals surface area contributed by atoms with Crippen molar-refractivity contribution in [2.45, 2.75) is 0 Å². The normalized spacial score (nSPS) is 11.4. The lowest BCUT2D eigenvalue weighted by molar-refractivity contribution is 1.16. The molecule has 0 saturated heterocycles. The minimum atomic E-state index is 0.674. The number of benzene rings is 7. The molecule has 10 rings (SSSR count). The molecule has 3 aromatic heterocycles. The van der Waals surface area contributed by atoms with Crippen molar-refractivity contribution in [1.82, 2.24) is 19.5 Å². The predicted octanol–water partition coefficient (Wildman–Crippen LogP) is 12.5. The summed E-state index contributed by atoms with van der Waals surface area (Å²) in [4.78, 5) is 15.7. The van der Waals surface area contributed by atoms with Crippen molar-refractivity contribution >= 4 is 32.7 Å². The minimum Gasteiger partial charge on any atom is -0.308 e. The maximum atomic E-state index is 5.26. The number of rotatable bonds is 6. The molecule has 0 atom stereocenters. The monoisotopic (exact) mass is 676 g/mol. The van der Waals surface area contributed by atoms with E-state index in [0.717, 1.165) is 77.7 Å². The first-order valence-electron chi connectivity index (χ1n) is 17.9. The second-order valence-corrected chi connectivity index (χ2v) is 13.2. The smallest absolute Gasteiger partial charge is 0.160 e. The van der Waals surface area contributed by atoms with Crippen LogP contribution in [0.1, 0.15) is 0 Å². The lowest BCUT2D eigenvalue weighted by atomic mass is 10.0. The molecule has 4 nitrogen and oxygen atoms in total. The molecule has 10 aromatic rings. The molecule has 0 spiro atoms. The number of aromatic nitrogens is 4. The van der Waals surface area contributed by atoms with E-state index in [2.05, 4.69) is 187 Å². The van der Waals surface area contributed by atoms with E-state index in [0.29, 0.717) is 5.82 Å². The Labute approximate surface area is 307 Å². The van der Waals surface area contributed by atoms with Gasteiger partial charge in [0.05, 0.1) is 33.6 Å². The largest absolute Gasteiger partial charge is 0.308 e. The molecule has 0 aliphatic rings. The fourth-order valence-electron chi connectivity index (χ4n) is 7.48. The molecule has 0 N–H and O–H groups in total. The third kappa shape index (κ3) is 5.45. The highest BCUT2D eigenvalue weighted by molar-refractivity contribution is 6.22. The molecule has 0 amide bonds. The van der Waals surface area contributed by atoms with Crippen molar-refractivity contribution in [1.29, 1.82) is 0 Å². The van der Waals surface area contributed by atoms with Gasteiger partial charge in [0.2, 0.25) is 0 Å². The van der Waals surface area contributed by atoms with Gasteiger partial charge >= 0.3 is 0 Å². The van der Waals surface area contributed by atoms with Crippen LogP contribution in [0.3, 0.4) is 0 Å². The van der Waals surface area contributed by atoms with Gasteiger partial charge in [-0.1, -0.05) is 164 Å². The molecule has 0 aliphatic carbocycles. The van der Waals surface area contributed by atoms with E-state index in [4.69, 9.17) is 15.0 Å². The average Bonchev–Trinajstić information content (AvgIpc) is 3.60. The van der Waals surface area contributed by atoms with E-state index in [-0.39, 0.29) is 0 Å². The minimum absolute atomic E-state index is 0.674. The van der Waals surface area contributed by atoms with Gasteiger partial charge in [-0.2, -0.15) is 0 Å². The van der Waals surface area contributed by atoms with Crippen molar-refractivity contribution in [2.24, 2.45) is 0 Å². The van der Waals surface area contributed by atoms with Crippen LogP contribution in [0.2, 0.25) is 0 Å². The van der Waals surface area contributed by atoms with Crippen LogP contribution < -0.4 is 0 Å². The van der Waals surface area contributed by atoms with Crippen LogP contribution >= 0.6 is 0 Å². The maximum Gasteiger partial charge on any atom is 0.160 e. The highest BCUT2D eigenvalue weighted by Gasteiger charge is 2.21. The summed E-state index contributed by atoms with van der Waals surface area (Å²) in [6, 6.07) is 67.8. The first-order chi connectivity index (χ1) is 26.3. The van der Waals surface area contributed by atoms with E-state index in [1.165, 1.54) is 11.1 Å². The number of para-hydroxylation sites is 2. The Kier molecular flexibility index (Phi) is 7.43. The zero-order valence-electron chi connectivity index (χ0n) is 28.8. The first-order valence-corrected chi connectivity index (χ1v) is 17.9. The van der Waals surface area contributed by atoms with Crippen molar-refractivity contribution < 1.29 is 0 Å². The highest BCUT2D eigenvalue weighted by Crippen LogP contribution is 2.41. The summed E-state index contributed by atoms with van der Waals surface area (Å²) in [5.41, 5.74) is 13.5. The van der Waals surface area contributed by atoms with Crippen molar-refractivity contribution in [3.63, 3.8) is 0 Å². The molecule has 3 heterocycles. The van der Waals surface area contributed by atoms with Gasteiger partial charge in [-0.05, 0) is 41.5 Å². The molecule has 7 aromatic carbocycles. The number of hydrogen-bond donors (Lipinski definition) is 0. The Bertz CT molecular complexity index is 2910. The molecule has 0 unspecified atom stereocenters. The highest BCUT2D eigenvalue weighted by atomic mass is 15.0. The molecule has 0 bridgehead atoms. The van der Waals surface area contributed by atoms with E-state index in [1.807, 2.05) is 12.1 Å². The maximum absolute atomic E-state index is 5.26. The second-order valence-electron chi connectivity index (χ2n) is 13.2. The van der Waals surface area contributed by atoms with Gasteiger partial charge in [-0.25, -0.2) is 15.0 Å². The van der Waals surface area contributed by atoms with Crippen molar-refractivity contribution in [2.75, 3.05) is 0 Å². The zero-order chi connectivity index (χ0) is 35.1. The second kappa shape index (κ2) is 12.9. The van der Waals surface area contributed by atoms with Gasteiger partial charge in [0.1, 0.15) is 0 Å². The molecule has 0 radical (unpaired) electrons. The first kappa shape index (κ1) is 30.6. The van der Waals surface area contributed by atoms with E-state index >= 15 is 0 Å². The topological polar surface area (TPSA) is 43.6 Å². The summed E-state index contributed by atoms with van der Waals surface area (Å²) in [6.07, 6.45) is 0. The van der Waals surface area contributed by atoms with E-state index < -0.39 is 0 Å². The Hall–Kier alpha value is -7.17. The van der Waals surface area contributed by atoms with Crippen LogP contribution in [0.15, 0.2) is 194 Å². The molecule has 248 valence electrons. The average molecular weight is 677 g/mol. The zero-order valence-corrected chi connectivity index (χ0v) is 28.8. The Morgan fingerprint density at radius 1 is 0.358 bits per heavy atom. The summed E-state index contributed by atoms with van der Waals surface area (Å²) in [7, 11) is 0. The van der Waals surface area contributed by atoms with E-state index in [9.17, 15) is 0 Å². The molecule has 0 aliphatic heterocycles. The number of hydrogen-bond acceptors (Lipinski definition) is 3. The number of pyridine rings is 1. The van der Waals surface area contributed by atoms with Gasteiger partial charge in [0.15, 0.2) is 5.82 Å². The Morgan fingerprint density at radius 3 is 1.60 bits per heavy atom. The summed E-state index contributed by atoms with van der Waals surface area (Å²) >= 11 is 0. The quantitative estimate of drug-likeness (QED) is 0.176. The molecule has 0 saturated carbocycles. The van der Waals surface area contributed by atoms with Gasteiger partial charge in [0, 0.05) is 44.1 Å². The molecular formula is C49H32N4. The summed E-state index contributed by atoms with van der Waals surface area (Å²) in [5, 5.41) is 3.40. The number of fused-ring (bicyclic) bond motifs is 5. The molecule has 53 heavy (non-hydrogen) atoms. The fraction of sp³-hybridized carbons (Fsp3) is 0.